The van der Waals surface area contributed by atoms with Crippen LogP contribution in [0.4, 0.5) is 5.69 Å². The first-order valence-corrected chi connectivity index (χ1v) is 12.0. The predicted molar refractivity (Wildman–Crippen MR) is 134 cm³/mol. The molecule has 1 aliphatic rings. The van der Waals surface area contributed by atoms with Crippen LogP contribution in [0.1, 0.15) is 36.1 Å². The molecular formula is C27H34N4O3. The number of anilines is 1. The zero-order chi connectivity index (χ0) is 23.8. The Morgan fingerprint density at radius 1 is 1.12 bits per heavy atom. The van der Waals surface area contributed by atoms with Crippen LogP contribution in [0.15, 0.2) is 48.7 Å². The lowest BCUT2D eigenvalue weighted by molar-refractivity contribution is -0.107. The molecule has 0 fully saturated rings. The zero-order valence-electron chi connectivity index (χ0n) is 20.1. The van der Waals surface area contributed by atoms with E-state index in [4.69, 9.17) is 14.6 Å². The van der Waals surface area contributed by atoms with Crippen molar-refractivity contribution in [3.8, 4) is 17.2 Å². The van der Waals surface area contributed by atoms with E-state index in [2.05, 4.69) is 16.4 Å². The summed E-state index contributed by atoms with van der Waals surface area (Å²) in [6.07, 6.45) is 7.49. The van der Waals surface area contributed by atoms with Gasteiger partial charge in [-0.15, -0.1) is 0 Å². The Morgan fingerprint density at radius 3 is 2.71 bits per heavy atom. The van der Waals surface area contributed by atoms with Gasteiger partial charge >= 0.3 is 0 Å². The molecular weight excluding hydrogens is 428 g/mol. The minimum absolute atomic E-state index is 0.537. The highest BCUT2D eigenvalue weighted by molar-refractivity contribution is 5.57. The van der Waals surface area contributed by atoms with Crippen molar-refractivity contribution in [2.24, 2.45) is 0 Å². The van der Waals surface area contributed by atoms with Crippen molar-refractivity contribution in [3.63, 3.8) is 0 Å². The van der Waals surface area contributed by atoms with Gasteiger partial charge in [-0.1, -0.05) is 6.07 Å². The summed E-state index contributed by atoms with van der Waals surface area (Å²) in [6, 6.07) is 14.1. The lowest BCUT2D eigenvalue weighted by atomic mass is 10.1. The molecule has 1 aliphatic heterocycles. The average Bonchev–Trinajstić information content (AvgIpc) is 3.31. The molecule has 180 valence electrons. The number of carbonyl (C=O) groups is 1. The van der Waals surface area contributed by atoms with E-state index in [9.17, 15) is 4.79 Å². The molecule has 0 amide bonds. The van der Waals surface area contributed by atoms with E-state index < -0.39 is 0 Å². The Balaban J connectivity index is 1.22. The standard InChI is InChI=1S/C27H34N4O3/c1-28-27-18-25(10-7-21(27)6-5-16-32)34-17-4-3-14-30-15-13-26-22(19-30)20-31(29-26)23-8-11-24(33-2)12-9-23/h7-12,16,18,20,28H,3-6,13-15,17,19H2,1-2H3. The van der Waals surface area contributed by atoms with Crippen molar-refractivity contribution in [2.75, 3.05) is 39.2 Å². The molecule has 1 N–H and O–H groups in total. The third kappa shape index (κ3) is 5.97. The summed E-state index contributed by atoms with van der Waals surface area (Å²) in [5, 5.41) is 8.00. The van der Waals surface area contributed by atoms with E-state index in [1.165, 1.54) is 11.3 Å². The predicted octanol–water partition coefficient (Wildman–Crippen LogP) is 4.27. The molecule has 0 atom stereocenters. The molecule has 2 heterocycles. The lowest BCUT2D eigenvalue weighted by Crippen LogP contribution is -2.31. The first-order valence-electron chi connectivity index (χ1n) is 12.0. The number of ether oxygens (including phenoxy) is 2. The van der Waals surface area contributed by atoms with Gasteiger partial charge in [0.05, 0.1) is 25.1 Å². The number of hydrogen-bond acceptors (Lipinski definition) is 6. The van der Waals surface area contributed by atoms with Crippen LogP contribution in [0, 0.1) is 0 Å². The zero-order valence-corrected chi connectivity index (χ0v) is 20.1. The summed E-state index contributed by atoms with van der Waals surface area (Å²) in [7, 11) is 3.58. The molecule has 0 saturated heterocycles. The van der Waals surface area contributed by atoms with Crippen LogP contribution in [0.5, 0.6) is 11.5 Å². The third-order valence-corrected chi connectivity index (χ3v) is 6.29. The SMILES string of the molecule is CNc1cc(OCCCCN2CCc3nn(-c4ccc(OC)cc4)cc3C2)ccc1CCC=O. The Bertz CT molecular complexity index is 1080. The molecule has 4 rings (SSSR count). The quantitative estimate of drug-likeness (QED) is 0.320. The Morgan fingerprint density at radius 2 is 1.94 bits per heavy atom. The molecule has 1 aromatic heterocycles. The molecule has 0 saturated carbocycles. The van der Waals surface area contributed by atoms with Crippen molar-refractivity contribution in [1.29, 1.82) is 0 Å². The molecule has 2 aromatic carbocycles. The molecule has 0 spiro atoms. The van der Waals surface area contributed by atoms with E-state index >= 15 is 0 Å². The highest BCUT2D eigenvalue weighted by Crippen LogP contribution is 2.24. The van der Waals surface area contributed by atoms with Crippen LogP contribution in [0.3, 0.4) is 0 Å². The Kier molecular flexibility index (Phi) is 8.20. The average molecular weight is 463 g/mol. The number of rotatable bonds is 12. The summed E-state index contributed by atoms with van der Waals surface area (Å²) >= 11 is 0. The fourth-order valence-corrected chi connectivity index (χ4v) is 4.37. The van der Waals surface area contributed by atoms with Gasteiger partial charge in [0.15, 0.2) is 0 Å². The van der Waals surface area contributed by atoms with Gasteiger partial charge in [0.2, 0.25) is 0 Å². The Hall–Kier alpha value is -3.32. The second-order valence-corrected chi connectivity index (χ2v) is 8.60. The summed E-state index contributed by atoms with van der Waals surface area (Å²) in [5.74, 6) is 1.72. The normalized spacial score (nSPS) is 13.4. The van der Waals surface area contributed by atoms with Gasteiger partial charge in [-0.25, -0.2) is 4.68 Å². The molecule has 7 nitrogen and oxygen atoms in total. The number of unbranched alkanes of at least 4 members (excludes halogenated alkanes) is 1. The van der Waals surface area contributed by atoms with E-state index in [0.29, 0.717) is 13.0 Å². The lowest BCUT2D eigenvalue weighted by Gasteiger charge is -2.25. The van der Waals surface area contributed by atoms with Crippen LogP contribution >= 0.6 is 0 Å². The van der Waals surface area contributed by atoms with E-state index in [-0.39, 0.29) is 0 Å². The van der Waals surface area contributed by atoms with Gasteiger partial charge in [0.25, 0.3) is 0 Å². The Labute approximate surface area is 201 Å². The summed E-state index contributed by atoms with van der Waals surface area (Å²) in [6.45, 7) is 3.75. The highest BCUT2D eigenvalue weighted by atomic mass is 16.5. The van der Waals surface area contributed by atoms with Crippen LogP contribution in [-0.2, 0) is 24.2 Å². The molecule has 0 aliphatic carbocycles. The van der Waals surface area contributed by atoms with Gasteiger partial charge in [-0.05, 0) is 61.7 Å². The topological polar surface area (TPSA) is 68.6 Å². The number of aldehydes is 1. The molecule has 3 aromatic rings. The monoisotopic (exact) mass is 462 g/mol. The molecule has 34 heavy (non-hydrogen) atoms. The second-order valence-electron chi connectivity index (χ2n) is 8.60. The molecule has 0 unspecified atom stereocenters. The van der Waals surface area contributed by atoms with Gasteiger partial charge in [-0.2, -0.15) is 5.10 Å². The number of hydrogen-bond donors (Lipinski definition) is 1. The number of nitrogens with one attached hydrogen (secondary N) is 1. The minimum atomic E-state index is 0.537. The van der Waals surface area contributed by atoms with Crippen LogP contribution in [-0.4, -0.2) is 54.8 Å². The number of benzene rings is 2. The number of methoxy groups -OCH3 is 1. The van der Waals surface area contributed by atoms with Gasteiger partial charge in [0.1, 0.15) is 17.8 Å². The van der Waals surface area contributed by atoms with Crippen LogP contribution < -0.4 is 14.8 Å². The van der Waals surface area contributed by atoms with Crippen LogP contribution in [0.25, 0.3) is 5.69 Å². The van der Waals surface area contributed by atoms with Crippen LogP contribution in [0.2, 0.25) is 0 Å². The maximum absolute atomic E-state index is 10.6. The van der Waals surface area contributed by atoms with Crippen molar-refractivity contribution in [2.45, 2.75) is 38.6 Å². The highest BCUT2D eigenvalue weighted by Gasteiger charge is 2.19. The van der Waals surface area contributed by atoms with Gasteiger partial charge in [-0.3, -0.25) is 4.90 Å². The van der Waals surface area contributed by atoms with Crippen molar-refractivity contribution in [1.82, 2.24) is 14.7 Å². The number of nitrogens with zero attached hydrogens (tertiary/aromatic N) is 3. The fraction of sp³-hybridized carbons (Fsp3) is 0.407. The maximum Gasteiger partial charge on any atom is 0.121 e. The van der Waals surface area contributed by atoms with Gasteiger partial charge in [0, 0.05) is 56.5 Å². The summed E-state index contributed by atoms with van der Waals surface area (Å²) < 4.78 is 13.2. The molecule has 0 bridgehead atoms. The number of aryl methyl sites for hydroxylation is 1. The largest absolute Gasteiger partial charge is 0.497 e. The van der Waals surface area contributed by atoms with Crippen molar-refractivity contribution < 1.29 is 14.3 Å². The first-order chi connectivity index (χ1) is 16.7. The first kappa shape index (κ1) is 23.8. The van der Waals surface area contributed by atoms with Gasteiger partial charge < -0.3 is 19.6 Å². The summed E-state index contributed by atoms with van der Waals surface area (Å²) in [5.41, 5.74) is 5.73. The number of fused-ring (bicyclic) bond motifs is 1. The summed E-state index contributed by atoms with van der Waals surface area (Å²) in [4.78, 5) is 13.1. The van der Waals surface area contributed by atoms with Crippen molar-refractivity contribution >= 4 is 12.0 Å². The van der Waals surface area contributed by atoms with E-state index in [1.807, 2.05) is 54.2 Å². The number of carbonyl (C=O) groups excluding carboxylic acids is 1. The smallest absolute Gasteiger partial charge is 0.121 e. The maximum atomic E-state index is 10.6. The minimum Gasteiger partial charge on any atom is -0.497 e. The fourth-order valence-electron chi connectivity index (χ4n) is 4.37. The third-order valence-electron chi connectivity index (χ3n) is 6.29. The number of aromatic nitrogens is 2. The van der Waals surface area contributed by atoms with E-state index in [1.54, 1.807) is 7.11 Å². The second kappa shape index (κ2) is 11.7. The van der Waals surface area contributed by atoms with E-state index in [0.717, 1.165) is 80.0 Å². The molecule has 0 radical (unpaired) electrons. The van der Waals surface area contributed by atoms with Crippen molar-refractivity contribution in [3.05, 3.63) is 65.5 Å². The molecule has 7 heteroatoms.